The van der Waals surface area contributed by atoms with E-state index in [0.717, 1.165) is 33.1 Å². The average molecular weight is 433 g/mol. The first-order chi connectivity index (χ1) is 14.7. The van der Waals surface area contributed by atoms with E-state index in [4.69, 9.17) is 9.72 Å². The first kappa shape index (κ1) is 19.2. The van der Waals surface area contributed by atoms with Crippen LogP contribution in [0.25, 0.3) is 10.2 Å². The van der Waals surface area contributed by atoms with Crippen molar-refractivity contribution in [2.24, 2.45) is 0 Å². The van der Waals surface area contributed by atoms with Gasteiger partial charge in [-0.2, -0.15) is 0 Å². The number of thioether (sulfide) groups is 1. The Morgan fingerprint density at radius 1 is 1.10 bits per heavy atom. The van der Waals surface area contributed by atoms with Crippen molar-refractivity contribution in [1.82, 2.24) is 4.98 Å². The molecule has 0 saturated carbocycles. The SMILES string of the molecule is COc1ccc2nc(N(Cc3ccccc3)C(=O)C3Cc4ccccc4S3)sc2c1. The number of hydrogen-bond donors (Lipinski definition) is 0. The van der Waals surface area contributed by atoms with Crippen LogP contribution >= 0.6 is 23.1 Å². The number of nitrogens with zero attached hydrogens (tertiary/aromatic N) is 2. The third-order valence-electron chi connectivity index (χ3n) is 5.19. The molecular weight excluding hydrogens is 412 g/mol. The lowest BCUT2D eigenvalue weighted by Crippen LogP contribution is -2.37. The van der Waals surface area contributed by atoms with Crippen LogP contribution in [0.1, 0.15) is 11.1 Å². The van der Waals surface area contributed by atoms with Crippen molar-refractivity contribution in [2.75, 3.05) is 12.0 Å². The van der Waals surface area contributed by atoms with Crippen molar-refractivity contribution >= 4 is 44.4 Å². The number of thiazole rings is 1. The van der Waals surface area contributed by atoms with Crippen LogP contribution in [-0.4, -0.2) is 23.3 Å². The summed E-state index contributed by atoms with van der Waals surface area (Å²) in [5.41, 5.74) is 3.21. The van der Waals surface area contributed by atoms with E-state index >= 15 is 0 Å². The van der Waals surface area contributed by atoms with Gasteiger partial charge >= 0.3 is 0 Å². The molecule has 0 N–H and O–H groups in total. The minimum Gasteiger partial charge on any atom is -0.497 e. The lowest BCUT2D eigenvalue weighted by atomic mass is 10.1. The molecule has 150 valence electrons. The summed E-state index contributed by atoms with van der Waals surface area (Å²) in [5.74, 6) is 0.895. The van der Waals surface area contributed by atoms with E-state index in [0.29, 0.717) is 6.54 Å². The van der Waals surface area contributed by atoms with E-state index in [1.807, 2.05) is 65.6 Å². The molecule has 4 nitrogen and oxygen atoms in total. The molecule has 1 aliphatic rings. The van der Waals surface area contributed by atoms with Crippen molar-refractivity contribution < 1.29 is 9.53 Å². The zero-order valence-corrected chi connectivity index (χ0v) is 18.1. The highest BCUT2D eigenvalue weighted by molar-refractivity contribution is 8.01. The van der Waals surface area contributed by atoms with E-state index in [9.17, 15) is 4.79 Å². The monoisotopic (exact) mass is 432 g/mol. The van der Waals surface area contributed by atoms with Crippen LogP contribution < -0.4 is 9.64 Å². The molecule has 1 atom stereocenters. The van der Waals surface area contributed by atoms with Crippen LogP contribution in [0.5, 0.6) is 5.75 Å². The molecule has 0 bridgehead atoms. The molecule has 0 fully saturated rings. The fourth-order valence-electron chi connectivity index (χ4n) is 3.63. The lowest BCUT2D eigenvalue weighted by Gasteiger charge is -2.23. The van der Waals surface area contributed by atoms with Crippen molar-refractivity contribution in [3.8, 4) is 5.75 Å². The molecule has 30 heavy (non-hydrogen) atoms. The molecule has 1 aliphatic heterocycles. The van der Waals surface area contributed by atoms with Crippen LogP contribution in [0.3, 0.4) is 0 Å². The number of amides is 1. The summed E-state index contributed by atoms with van der Waals surface area (Å²) in [7, 11) is 1.66. The maximum absolute atomic E-state index is 13.7. The number of carbonyl (C=O) groups is 1. The largest absolute Gasteiger partial charge is 0.497 e. The molecule has 0 saturated heterocycles. The highest BCUT2D eigenvalue weighted by Gasteiger charge is 2.33. The van der Waals surface area contributed by atoms with Gasteiger partial charge < -0.3 is 4.74 Å². The summed E-state index contributed by atoms with van der Waals surface area (Å²) < 4.78 is 6.36. The average Bonchev–Trinajstić information content (AvgIpc) is 3.41. The van der Waals surface area contributed by atoms with Crippen LogP contribution in [0.2, 0.25) is 0 Å². The Hall–Kier alpha value is -2.83. The topological polar surface area (TPSA) is 42.4 Å². The number of hydrogen-bond acceptors (Lipinski definition) is 5. The number of rotatable bonds is 5. The molecule has 1 aromatic heterocycles. The van der Waals surface area contributed by atoms with Gasteiger partial charge in [0, 0.05) is 4.90 Å². The van der Waals surface area contributed by atoms with Crippen LogP contribution in [0.15, 0.2) is 77.7 Å². The Kier molecular flexibility index (Phi) is 5.19. The quantitative estimate of drug-likeness (QED) is 0.414. The minimum absolute atomic E-state index is 0.103. The Morgan fingerprint density at radius 2 is 1.90 bits per heavy atom. The van der Waals surface area contributed by atoms with Gasteiger partial charge in [-0.15, -0.1) is 11.8 Å². The number of fused-ring (bicyclic) bond motifs is 2. The molecule has 5 rings (SSSR count). The van der Waals surface area contributed by atoms with Gasteiger partial charge in [-0.05, 0) is 41.8 Å². The Morgan fingerprint density at radius 3 is 2.70 bits per heavy atom. The smallest absolute Gasteiger partial charge is 0.242 e. The highest BCUT2D eigenvalue weighted by atomic mass is 32.2. The Bertz CT molecular complexity index is 1180. The second-order valence-corrected chi connectivity index (χ2v) is 9.41. The van der Waals surface area contributed by atoms with Gasteiger partial charge in [0.2, 0.25) is 5.91 Å². The number of aromatic nitrogens is 1. The molecular formula is C24H20N2O2S2. The van der Waals surface area contributed by atoms with E-state index in [1.54, 1.807) is 18.9 Å². The van der Waals surface area contributed by atoms with Gasteiger partial charge in [-0.25, -0.2) is 4.98 Å². The van der Waals surface area contributed by atoms with E-state index < -0.39 is 0 Å². The first-order valence-corrected chi connectivity index (χ1v) is 11.5. The molecule has 4 aromatic rings. The van der Waals surface area contributed by atoms with Crippen molar-refractivity contribution in [3.05, 3.63) is 83.9 Å². The minimum atomic E-state index is -0.132. The lowest BCUT2D eigenvalue weighted by molar-refractivity contribution is -0.118. The van der Waals surface area contributed by atoms with Gasteiger partial charge in [0.25, 0.3) is 0 Å². The normalized spacial score (nSPS) is 15.2. The van der Waals surface area contributed by atoms with Gasteiger partial charge in [0.1, 0.15) is 5.75 Å². The first-order valence-electron chi connectivity index (χ1n) is 9.76. The summed E-state index contributed by atoms with van der Waals surface area (Å²) in [5, 5.41) is 0.594. The molecule has 0 spiro atoms. The number of methoxy groups -OCH3 is 1. The summed E-state index contributed by atoms with van der Waals surface area (Å²) in [4.78, 5) is 21.5. The number of anilines is 1. The van der Waals surface area contributed by atoms with Gasteiger partial charge in [-0.3, -0.25) is 9.69 Å². The molecule has 1 amide bonds. The van der Waals surface area contributed by atoms with Crippen LogP contribution in [0, 0.1) is 0 Å². The van der Waals surface area contributed by atoms with Gasteiger partial charge in [0.15, 0.2) is 5.13 Å². The Balaban J connectivity index is 1.50. The Labute approximate surface area is 183 Å². The zero-order valence-electron chi connectivity index (χ0n) is 16.4. The van der Waals surface area contributed by atoms with Gasteiger partial charge in [0.05, 0.1) is 29.1 Å². The third-order valence-corrected chi connectivity index (χ3v) is 7.53. The second-order valence-electron chi connectivity index (χ2n) is 7.16. The maximum Gasteiger partial charge on any atom is 0.242 e. The molecule has 1 unspecified atom stereocenters. The highest BCUT2D eigenvalue weighted by Crippen LogP contribution is 2.39. The third kappa shape index (κ3) is 3.68. The van der Waals surface area contributed by atoms with Crippen molar-refractivity contribution in [1.29, 1.82) is 0 Å². The molecule has 0 aliphatic carbocycles. The molecule has 6 heteroatoms. The predicted molar refractivity (Wildman–Crippen MR) is 124 cm³/mol. The van der Waals surface area contributed by atoms with Crippen LogP contribution in [0.4, 0.5) is 5.13 Å². The summed E-state index contributed by atoms with van der Waals surface area (Å²) in [6.07, 6.45) is 0.754. The van der Waals surface area contributed by atoms with Crippen molar-refractivity contribution in [2.45, 2.75) is 23.1 Å². The zero-order chi connectivity index (χ0) is 20.5. The number of ether oxygens (including phenoxy) is 1. The fourth-order valence-corrected chi connectivity index (χ4v) is 5.89. The van der Waals surface area contributed by atoms with Crippen molar-refractivity contribution in [3.63, 3.8) is 0 Å². The maximum atomic E-state index is 13.7. The fraction of sp³-hybridized carbons (Fsp3) is 0.167. The standard InChI is InChI=1S/C24H20N2O2S2/c1-28-18-11-12-19-21(14-18)30-24(25-19)26(15-16-7-3-2-4-8-16)23(27)22-13-17-9-5-6-10-20(17)29-22/h2-12,14,22H,13,15H2,1H3. The summed E-state index contributed by atoms with van der Waals surface area (Å²) in [6.45, 7) is 0.504. The van der Waals surface area contributed by atoms with Gasteiger partial charge in [-0.1, -0.05) is 59.9 Å². The van der Waals surface area contributed by atoms with E-state index in [1.165, 1.54) is 21.8 Å². The predicted octanol–water partition coefficient (Wildman–Crippen LogP) is 5.56. The molecule has 0 radical (unpaired) electrons. The summed E-state index contributed by atoms with van der Waals surface area (Å²) >= 11 is 3.19. The van der Waals surface area contributed by atoms with E-state index in [-0.39, 0.29) is 11.2 Å². The number of benzene rings is 3. The number of carbonyl (C=O) groups excluding carboxylic acids is 1. The molecule has 3 aromatic carbocycles. The second kappa shape index (κ2) is 8.13. The molecule has 2 heterocycles. The summed E-state index contributed by atoms with van der Waals surface area (Å²) in [6, 6.07) is 24.2. The van der Waals surface area contributed by atoms with Crippen LogP contribution in [-0.2, 0) is 17.8 Å². The van der Waals surface area contributed by atoms with E-state index in [2.05, 4.69) is 12.1 Å².